The fourth-order valence-electron chi connectivity index (χ4n) is 1.78. The maximum absolute atomic E-state index is 12.4. The molecule has 25 heavy (non-hydrogen) atoms. The van der Waals surface area contributed by atoms with Crippen molar-refractivity contribution in [2.45, 2.75) is 32.4 Å². The van der Waals surface area contributed by atoms with Crippen LogP contribution in [0.15, 0.2) is 18.2 Å². The molecule has 9 heteroatoms. The maximum atomic E-state index is 12.4. The monoisotopic (exact) mass is 390 g/mol. The Morgan fingerprint density at radius 3 is 2.20 bits per heavy atom. The van der Waals surface area contributed by atoms with Crippen molar-refractivity contribution in [1.29, 1.82) is 0 Å². The first kappa shape index (κ1) is 21.1. The van der Waals surface area contributed by atoms with Crippen LogP contribution in [-0.2, 0) is 14.3 Å². The number of carbonyl (C=O) groups excluding carboxylic acids is 3. The van der Waals surface area contributed by atoms with E-state index < -0.39 is 29.6 Å². The lowest BCUT2D eigenvalue weighted by atomic mass is 10.2. The number of hydrogen-bond donors (Lipinski definition) is 2. The van der Waals surface area contributed by atoms with Crippen molar-refractivity contribution in [3.8, 4) is 0 Å². The van der Waals surface area contributed by atoms with E-state index in [1.807, 2.05) is 0 Å². The van der Waals surface area contributed by atoms with Crippen molar-refractivity contribution in [3.05, 3.63) is 33.8 Å². The molecule has 0 heterocycles. The summed E-state index contributed by atoms with van der Waals surface area (Å²) in [5.41, 5.74) is -0.670. The van der Waals surface area contributed by atoms with E-state index in [9.17, 15) is 14.4 Å². The van der Waals surface area contributed by atoms with Crippen LogP contribution in [-0.4, -0.2) is 43.3 Å². The molecule has 0 saturated heterocycles. The SMILES string of the molecule is COC(=O)[C@H](CNC(=O)OC(C)(C)C)NC(=O)c1c(Cl)cccc1Cl. The summed E-state index contributed by atoms with van der Waals surface area (Å²) in [6.45, 7) is 4.87. The molecule has 0 bridgehead atoms. The van der Waals surface area contributed by atoms with E-state index in [0.29, 0.717) is 0 Å². The van der Waals surface area contributed by atoms with Crippen LogP contribution in [0.5, 0.6) is 0 Å². The molecule has 0 aliphatic rings. The quantitative estimate of drug-likeness (QED) is 0.753. The van der Waals surface area contributed by atoms with Crippen molar-refractivity contribution in [2.75, 3.05) is 13.7 Å². The van der Waals surface area contributed by atoms with Gasteiger partial charge in [-0.2, -0.15) is 0 Å². The Kier molecular flexibility index (Phi) is 7.51. The zero-order chi connectivity index (χ0) is 19.2. The van der Waals surface area contributed by atoms with Crippen LogP contribution in [0.4, 0.5) is 4.79 Å². The van der Waals surface area contributed by atoms with Crippen LogP contribution in [0.25, 0.3) is 0 Å². The molecular weight excluding hydrogens is 371 g/mol. The van der Waals surface area contributed by atoms with Gasteiger partial charge in [0, 0.05) is 0 Å². The summed E-state index contributed by atoms with van der Waals surface area (Å²) in [6.07, 6.45) is -0.730. The highest BCUT2D eigenvalue weighted by Gasteiger charge is 2.26. The molecule has 1 atom stereocenters. The fraction of sp³-hybridized carbons (Fsp3) is 0.438. The smallest absolute Gasteiger partial charge is 0.407 e. The van der Waals surface area contributed by atoms with Gasteiger partial charge in [-0.3, -0.25) is 4.79 Å². The van der Waals surface area contributed by atoms with E-state index in [0.717, 1.165) is 7.11 Å². The lowest BCUT2D eigenvalue weighted by Crippen LogP contribution is -2.49. The number of benzene rings is 1. The molecule has 0 unspecified atom stereocenters. The third-order valence-corrected chi connectivity index (χ3v) is 3.46. The Labute approximate surface area is 155 Å². The molecule has 1 aromatic carbocycles. The second-order valence-corrected chi connectivity index (χ2v) is 6.84. The molecular formula is C16H20Cl2N2O5. The Morgan fingerprint density at radius 2 is 1.72 bits per heavy atom. The minimum absolute atomic E-state index is 0.0250. The molecule has 0 spiro atoms. The zero-order valence-corrected chi connectivity index (χ0v) is 15.8. The topological polar surface area (TPSA) is 93.7 Å². The number of hydrogen-bond acceptors (Lipinski definition) is 5. The Bertz CT molecular complexity index is 638. The summed E-state index contributed by atoms with van der Waals surface area (Å²) >= 11 is 11.9. The van der Waals surface area contributed by atoms with Gasteiger partial charge >= 0.3 is 12.1 Å². The Morgan fingerprint density at radius 1 is 1.16 bits per heavy atom. The highest BCUT2D eigenvalue weighted by molar-refractivity contribution is 6.39. The summed E-state index contributed by atoms with van der Waals surface area (Å²) in [5.74, 6) is -1.41. The highest BCUT2D eigenvalue weighted by atomic mass is 35.5. The first-order valence-corrected chi connectivity index (χ1v) is 8.10. The van der Waals surface area contributed by atoms with Gasteiger partial charge < -0.3 is 20.1 Å². The van der Waals surface area contributed by atoms with Crippen molar-refractivity contribution in [1.82, 2.24) is 10.6 Å². The van der Waals surface area contributed by atoms with Gasteiger partial charge in [-0.25, -0.2) is 9.59 Å². The molecule has 0 fully saturated rings. The molecule has 1 aromatic rings. The van der Waals surface area contributed by atoms with Gasteiger partial charge in [0.1, 0.15) is 11.6 Å². The third-order valence-electron chi connectivity index (χ3n) is 2.83. The maximum Gasteiger partial charge on any atom is 0.407 e. The largest absolute Gasteiger partial charge is 0.467 e. The molecule has 0 aliphatic carbocycles. The van der Waals surface area contributed by atoms with Gasteiger partial charge in [0.05, 0.1) is 29.3 Å². The van der Waals surface area contributed by atoms with Gasteiger partial charge in [-0.15, -0.1) is 0 Å². The van der Waals surface area contributed by atoms with E-state index in [1.54, 1.807) is 26.8 Å². The first-order chi connectivity index (χ1) is 11.5. The summed E-state index contributed by atoms with van der Waals surface area (Å²) in [4.78, 5) is 35.9. The number of methoxy groups -OCH3 is 1. The number of rotatable bonds is 5. The summed E-state index contributed by atoms with van der Waals surface area (Å²) < 4.78 is 9.70. The predicted octanol–water partition coefficient (Wildman–Crippen LogP) is 2.79. The number of ether oxygens (including phenoxy) is 2. The summed E-state index contributed by atoms with van der Waals surface area (Å²) in [7, 11) is 1.16. The second-order valence-electron chi connectivity index (χ2n) is 6.03. The average Bonchev–Trinajstić information content (AvgIpc) is 2.48. The number of alkyl carbamates (subject to hydrolysis) is 1. The zero-order valence-electron chi connectivity index (χ0n) is 14.3. The summed E-state index contributed by atoms with van der Waals surface area (Å²) in [5, 5.41) is 5.10. The van der Waals surface area contributed by atoms with Crippen molar-refractivity contribution >= 4 is 41.2 Å². The highest BCUT2D eigenvalue weighted by Crippen LogP contribution is 2.24. The van der Waals surface area contributed by atoms with Crippen LogP contribution < -0.4 is 10.6 Å². The normalized spacial score (nSPS) is 12.1. The van der Waals surface area contributed by atoms with Gasteiger partial charge in [-0.05, 0) is 32.9 Å². The minimum atomic E-state index is -1.14. The molecule has 138 valence electrons. The van der Waals surface area contributed by atoms with E-state index in [1.165, 1.54) is 12.1 Å². The average molecular weight is 391 g/mol. The van der Waals surface area contributed by atoms with Crippen LogP contribution in [0.2, 0.25) is 10.0 Å². The van der Waals surface area contributed by atoms with Crippen molar-refractivity contribution < 1.29 is 23.9 Å². The standard InChI is InChI=1S/C16H20Cl2N2O5/c1-16(2,3)25-15(23)19-8-11(14(22)24-4)20-13(21)12-9(17)6-5-7-10(12)18/h5-7,11H,8H2,1-4H3,(H,19,23)(H,20,21)/t11-/m0/s1. The van der Waals surface area contributed by atoms with E-state index in [-0.39, 0.29) is 22.2 Å². The fourth-order valence-corrected chi connectivity index (χ4v) is 2.35. The lowest BCUT2D eigenvalue weighted by molar-refractivity contribution is -0.142. The van der Waals surface area contributed by atoms with Crippen LogP contribution >= 0.6 is 23.2 Å². The minimum Gasteiger partial charge on any atom is -0.467 e. The van der Waals surface area contributed by atoms with Crippen molar-refractivity contribution in [3.63, 3.8) is 0 Å². The molecule has 2 amide bonds. The number of esters is 1. The third kappa shape index (κ3) is 6.80. The predicted molar refractivity (Wildman–Crippen MR) is 94.0 cm³/mol. The molecule has 2 N–H and O–H groups in total. The Balaban J connectivity index is 2.82. The number of carbonyl (C=O) groups is 3. The van der Waals surface area contributed by atoms with Crippen LogP contribution in [0, 0.1) is 0 Å². The van der Waals surface area contributed by atoms with Crippen LogP contribution in [0.3, 0.4) is 0 Å². The second kappa shape index (κ2) is 8.92. The van der Waals surface area contributed by atoms with Gasteiger partial charge in [-0.1, -0.05) is 29.3 Å². The lowest BCUT2D eigenvalue weighted by Gasteiger charge is -2.22. The van der Waals surface area contributed by atoms with Gasteiger partial charge in [0.15, 0.2) is 0 Å². The summed E-state index contributed by atoms with van der Waals surface area (Å²) in [6, 6.07) is 3.43. The number of amides is 2. The molecule has 0 radical (unpaired) electrons. The molecule has 7 nitrogen and oxygen atoms in total. The van der Waals surface area contributed by atoms with E-state index in [2.05, 4.69) is 15.4 Å². The number of halogens is 2. The van der Waals surface area contributed by atoms with Gasteiger partial charge in [0.25, 0.3) is 5.91 Å². The van der Waals surface area contributed by atoms with E-state index in [4.69, 9.17) is 27.9 Å². The van der Waals surface area contributed by atoms with Crippen molar-refractivity contribution in [2.24, 2.45) is 0 Å². The molecule has 0 aliphatic heterocycles. The number of nitrogens with one attached hydrogen (secondary N) is 2. The first-order valence-electron chi connectivity index (χ1n) is 7.34. The van der Waals surface area contributed by atoms with Gasteiger partial charge in [0.2, 0.25) is 0 Å². The van der Waals surface area contributed by atoms with Crippen LogP contribution in [0.1, 0.15) is 31.1 Å². The molecule has 1 rings (SSSR count). The molecule has 0 saturated carbocycles. The van der Waals surface area contributed by atoms with E-state index >= 15 is 0 Å². The Hall–Kier alpha value is -1.99. The molecule has 0 aromatic heterocycles.